The molecule has 1 N–H and O–H groups in total. The molecule has 2 aromatic rings. The summed E-state index contributed by atoms with van der Waals surface area (Å²) in [7, 11) is -1.72. The summed E-state index contributed by atoms with van der Waals surface area (Å²) in [4.78, 5) is 27.8. The van der Waals surface area contributed by atoms with Gasteiger partial charge in [0.25, 0.3) is 0 Å². The molecule has 12 heteroatoms. The summed E-state index contributed by atoms with van der Waals surface area (Å²) in [6, 6.07) is 8.94. The van der Waals surface area contributed by atoms with E-state index in [0.717, 1.165) is 10.4 Å². The molecule has 0 spiro atoms. The number of anilines is 1. The molecule has 1 unspecified atom stereocenters. The number of hydrogen-bond donors (Lipinski definition) is 1. The first kappa shape index (κ1) is 29.8. The molecule has 0 fully saturated rings. The SMILES string of the molecule is CC(C(=O)NC(C)(C)C)N(Cc1ccc(Cl)cc1Cl)C(=O)CN(c1ccccc1F)S(=O)(=O)N(C)C. The van der Waals surface area contributed by atoms with Crippen molar-refractivity contribution in [2.24, 2.45) is 0 Å². The van der Waals surface area contributed by atoms with Crippen molar-refractivity contribution in [1.82, 2.24) is 14.5 Å². The number of carbonyl (C=O) groups is 2. The Hall–Kier alpha value is -2.40. The predicted octanol–water partition coefficient (Wildman–Crippen LogP) is 4.08. The highest BCUT2D eigenvalue weighted by Crippen LogP contribution is 2.26. The maximum Gasteiger partial charge on any atom is 0.304 e. The molecule has 0 aliphatic heterocycles. The van der Waals surface area contributed by atoms with Gasteiger partial charge in [-0.1, -0.05) is 41.4 Å². The van der Waals surface area contributed by atoms with Crippen molar-refractivity contribution < 1.29 is 22.4 Å². The maximum atomic E-state index is 14.7. The summed E-state index contributed by atoms with van der Waals surface area (Å²) < 4.78 is 42.4. The highest BCUT2D eigenvalue weighted by molar-refractivity contribution is 7.90. The number of benzene rings is 2. The fraction of sp³-hybridized carbons (Fsp3) is 0.417. The fourth-order valence-corrected chi connectivity index (χ4v) is 4.78. The molecule has 2 rings (SSSR count). The molecular weight excluding hydrogens is 530 g/mol. The van der Waals surface area contributed by atoms with Crippen molar-refractivity contribution in [1.29, 1.82) is 0 Å². The van der Waals surface area contributed by atoms with E-state index in [0.29, 0.717) is 14.9 Å². The molecule has 0 aliphatic carbocycles. The third kappa shape index (κ3) is 7.55. The monoisotopic (exact) mass is 560 g/mol. The molecule has 198 valence electrons. The zero-order chi connectivity index (χ0) is 27.4. The molecule has 0 aliphatic rings. The Morgan fingerprint density at radius 3 is 2.22 bits per heavy atom. The van der Waals surface area contributed by atoms with Gasteiger partial charge in [-0.3, -0.25) is 9.59 Å². The average Bonchev–Trinajstić information content (AvgIpc) is 2.75. The van der Waals surface area contributed by atoms with E-state index in [2.05, 4.69) is 5.32 Å². The molecule has 36 heavy (non-hydrogen) atoms. The van der Waals surface area contributed by atoms with Gasteiger partial charge < -0.3 is 10.2 Å². The quantitative estimate of drug-likeness (QED) is 0.500. The molecule has 0 heterocycles. The van der Waals surface area contributed by atoms with E-state index in [1.807, 2.05) is 0 Å². The lowest BCUT2D eigenvalue weighted by Gasteiger charge is -2.34. The zero-order valence-electron chi connectivity index (χ0n) is 21.0. The highest BCUT2D eigenvalue weighted by Gasteiger charge is 2.34. The molecule has 0 aromatic heterocycles. The largest absolute Gasteiger partial charge is 0.350 e. The van der Waals surface area contributed by atoms with Crippen molar-refractivity contribution in [2.75, 3.05) is 24.9 Å². The highest BCUT2D eigenvalue weighted by atomic mass is 35.5. The van der Waals surface area contributed by atoms with Gasteiger partial charge in [0.2, 0.25) is 11.8 Å². The second-order valence-corrected chi connectivity index (χ2v) is 12.3. The maximum absolute atomic E-state index is 14.7. The summed E-state index contributed by atoms with van der Waals surface area (Å²) in [5, 5.41) is 3.48. The van der Waals surface area contributed by atoms with Crippen LogP contribution in [-0.4, -0.2) is 61.7 Å². The Balaban J connectivity index is 2.52. The van der Waals surface area contributed by atoms with Crippen molar-refractivity contribution in [3.63, 3.8) is 0 Å². The lowest BCUT2D eigenvalue weighted by molar-refractivity contribution is -0.140. The lowest BCUT2D eigenvalue weighted by Crippen LogP contribution is -2.55. The van der Waals surface area contributed by atoms with Crippen LogP contribution < -0.4 is 9.62 Å². The molecule has 0 saturated heterocycles. The summed E-state index contributed by atoms with van der Waals surface area (Å²) in [5.41, 5.74) is -0.376. The molecule has 2 aromatic carbocycles. The Kier molecular flexibility index (Phi) is 9.75. The van der Waals surface area contributed by atoms with Crippen LogP contribution >= 0.6 is 23.2 Å². The standard InChI is InChI=1S/C24H31Cl2FN4O4S/c1-16(23(33)28-24(2,3)4)30(14-17-11-12-18(25)13-19(17)26)22(32)15-31(36(34,35)29(5)6)21-10-8-7-9-20(21)27/h7-13,16H,14-15H2,1-6H3,(H,28,33). The second-order valence-electron chi connectivity index (χ2n) is 9.42. The van der Waals surface area contributed by atoms with Crippen LogP contribution in [0.15, 0.2) is 42.5 Å². The smallest absolute Gasteiger partial charge is 0.304 e. The molecular formula is C24H31Cl2FN4O4S. The van der Waals surface area contributed by atoms with Crippen LogP contribution in [0.5, 0.6) is 0 Å². The summed E-state index contributed by atoms with van der Waals surface area (Å²) >= 11 is 12.3. The van der Waals surface area contributed by atoms with Crippen molar-refractivity contribution >= 4 is 50.9 Å². The third-order valence-electron chi connectivity index (χ3n) is 5.16. The molecule has 2 amide bonds. The van der Waals surface area contributed by atoms with Crippen LogP contribution in [0.4, 0.5) is 10.1 Å². The van der Waals surface area contributed by atoms with Crippen molar-refractivity contribution in [3.05, 3.63) is 63.9 Å². The van der Waals surface area contributed by atoms with E-state index >= 15 is 0 Å². The fourth-order valence-electron chi connectivity index (χ4n) is 3.25. The number of carbonyl (C=O) groups excluding carboxylic acids is 2. The minimum atomic E-state index is -4.27. The first-order chi connectivity index (χ1) is 16.5. The van der Waals surface area contributed by atoms with Gasteiger partial charge in [0.05, 0.1) is 5.69 Å². The number of hydrogen-bond acceptors (Lipinski definition) is 4. The van der Waals surface area contributed by atoms with Crippen LogP contribution in [0, 0.1) is 5.82 Å². The summed E-state index contributed by atoms with van der Waals surface area (Å²) in [6.07, 6.45) is 0. The van der Waals surface area contributed by atoms with Gasteiger partial charge in [-0.2, -0.15) is 12.7 Å². The normalized spacial score (nSPS) is 12.8. The zero-order valence-corrected chi connectivity index (χ0v) is 23.4. The Morgan fingerprint density at radius 1 is 1.08 bits per heavy atom. The van der Waals surface area contributed by atoms with Crippen LogP contribution in [0.1, 0.15) is 33.3 Å². The number of nitrogens with one attached hydrogen (secondary N) is 1. The first-order valence-corrected chi connectivity index (χ1v) is 13.2. The molecule has 8 nitrogen and oxygen atoms in total. The second kappa shape index (κ2) is 11.8. The van der Waals surface area contributed by atoms with E-state index in [-0.39, 0.29) is 17.3 Å². The lowest BCUT2D eigenvalue weighted by atomic mass is 10.1. The van der Waals surface area contributed by atoms with E-state index in [9.17, 15) is 22.4 Å². The average molecular weight is 562 g/mol. The van der Waals surface area contributed by atoms with Gasteiger partial charge in [-0.05, 0) is 57.5 Å². The molecule has 0 saturated carbocycles. The van der Waals surface area contributed by atoms with Gasteiger partial charge in [0.15, 0.2) is 0 Å². The Bertz CT molecular complexity index is 1220. The Labute approximate surface area is 222 Å². The van der Waals surface area contributed by atoms with Crippen molar-refractivity contribution in [2.45, 2.75) is 45.8 Å². The van der Waals surface area contributed by atoms with Crippen LogP contribution in [0.2, 0.25) is 10.0 Å². The predicted molar refractivity (Wildman–Crippen MR) is 141 cm³/mol. The van der Waals surface area contributed by atoms with Gasteiger partial charge in [0.1, 0.15) is 18.4 Å². The van der Waals surface area contributed by atoms with Crippen molar-refractivity contribution in [3.8, 4) is 0 Å². The Morgan fingerprint density at radius 2 is 1.69 bits per heavy atom. The van der Waals surface area contributed by atoms with E-state index in [1.54, 1.807) is 32.9 Å². The van der Waals surface area contributed by atoms with Crippen LogP contribution in [0.3, 0.4) is 0 Å². The first-order valence-electron chi connectivity index (χ1n) is 11.0. The number of amides is 2. The van der Waals surface area contributed by atoms with Crippen LogP contribution in [-0.2, 0) is 26.3 Å². The number of rotatable bonds is 9. The number of nitrogens with zero attached hydrogens (tertiary/aromatic N) is 3. The minimum Gasteiger partial charge on any atom is -0.350 e. The molecule has 0 radical (unpaired) electrons. The number of para-hydroxylation sites is 1. The van der Waals surface area contributed by atoms with E-state index in [4.69, 9.17) is 23.2 Å². The van der Waals surface area contributed by atoms with Crippen LogP contribution in [0.25, 0.3) is 0 Å². The van der Waals surface area contributed by atoms with Gasteiger partial charge >= 0.3 is 10.2 Å². The number of halogens is 3. The van der Waals surface area contributed by atoms with E-state index in [1.165, 1.54) is 50.2 Å². The molecule has 1 atom stereocenters. The summed E-state index contributed by atoms with van der Waals surface area (Å²) in [6.45, 7) is 6.05. The van der Waals surface area contributed by atoms with E-state index < -0.39 is 46.0 Å². The van der Waals surface area contributed by atoms with Gasteiger partial charge in [0, 0.05) is 36.2 Å². The van der Waals surface area contributed by atoms with Gasteiger partial charge in [-0.15, -0.1) is 0 Å². The third-order valence-corrected chi connectivity index (χ3v) is 7.55. The van der Waals surface area contributed by atoms with Gasteiger partial charge in [-0.25, -0.2) is 8.70 Å². The topological polar surface area (TPSA) is 90.0 Å². The summed E-state index contributed by atoms with van der Waals surface area (Å²) in [5.74, 6) is -2.00. The minimum absolute atomic E-state index is 0.110. The molecule has 0 bridgehead atoms.